The Kier molecular flexibility index (Phi) is 4.81. The summed E-state index contributed by atoms with van der Waals surface area (Å²) in [6.07, 6.45) is -4.28. The van der Waals surface area contributed by atoms with Gasteiger partial charge in [0, 0.05) is 18.3 Å². The standard InChI is InChI=1S/C12H16F3NO/c1-3-17-8-9(2)16-11-6-4-10(5-7-11)12(13,14)15/h4-7,9,16H,3,8H2,1-2H3. The van der Waals surface area contributed by atoms with Crippen LogP contribution in [0.1, 0.15) is 19.4 Å². The fourth-order valence-electron chi connectivity index (χ4n) is 1.38. The summed E-state index contributed by atoms with van der Waals surface area (Å²) in [7, 11) is 0. The van der Waals surface area contributed by atoms with Gasteiger partial charge in [0.05, 0.1) is 12.2 Å². The number of benzene rings is 1. The van der Waals surface area contributed by atoms with E-state index in [1.807, 2.05) is 13.8 Å². The maximum atomic E-state index is 12.3. The van der Waals surface area contributed by atoms with Crippen molar-refractivity contribution >= 4 is 5.69 Å². The van der Waals surface area contributed by atoms with E-state index in [-0.39, 0.29) is 6.04 Å². The summed E-state index contributed by atoms with van der Waals surface area (Å²) >= 11 is 0. The number of rotatable bonds is 5. The largest absolute Gasteiger partial charge is 0.416 e. The van der Waals surface area contributed by atoms with Gasteiger partial charge in [-0.1, -0.05) is 0 Å². The molecule has 0 aromatic heterocycles. The number of hydrogen-bond acceptors (Lipinski definition) is 2. The Morgan fingerprint density at radius 3 is 2.29 bits per heavy atom. The maximum Gasteiger partial charge on any atom is 0.416 e. The predicted molar refractivity (Wildman–Crippen MR) is 61.0 cm³/mol. The lowest BCUT2D eigenvalue weighted by Gasteiger charge is -2.15. The molecule has 0 aliphatic carbocycles. The van der Waals surface area contributed by atoms with E-state index in [2.05, 4.69) is 5.32 Å². The zero-order valence-corrected chi connectivity index (χ0v) is 9.84. The molecule has 0 aliphatic heterocycles. The van der Waals surface area contributed by atoms with Crippen molar-refractivity contribution in [2.75, 3.05) is 18.5 Å². The Hall–Kier alpha value is -1.23. The highest BCUT2D eigenvalue weighted by Gasteiger charge is 2.29. The van der Waals surface area contributed by atoms with E-state index in [1.165, 1.54) is 12.1 Å². The average molecular weight is 247 g/mol. The SMILES string of the molecule is CCOCC(C)Nc1ccc(C(F)(F)F)cc1. The molecule has 5 heteroatoms. The Bertz CT molecular complexity index is 335. The van der Waals surface area contributed by atoms with Crippen molar-refractivity contribution in [3.8, 4) is 0 Å². The van der Waals surface area contributed by atoms with Crippen LogP contribution < -0.4 is 5.32 Å². The van der Waals surface area contributed by atoms with Crippen LogP contribution in [0.3, 0.4) is 0 Å². The van der Waals surface area contributed by atoms with Crippen molar-refractivity contribution in [1.29, 1.82) is 0 Å². The number of ether oxygens (including phenoxy) is 1. The summed E-state index contributed by atoms with van der Waals surface area (Å²) < 4.78 is 42.1. The van der Waals surface area contributed by atoms with Gasteiger partial charge in [0.25, 0.3) is 0 Å². The van der Waals surface area contributed by atoms with Crippen molar-refractivity contribution in [1.82, 2.24) is 0 Å². The summed E-state index contributed by atoms with van der Waals surface area (Å²) in [5.74, 6) is 0. The molecule has 1 aromatic rings. The fraction of sp³-hybridized carbons (Fsp3) is 0.500. The molecule has 1 atom stereocenters. The van der Waals surface area contributed by atoms with Crippen molar-refractivity contribution in [2.45, 2.75) is 26.1 Å². The highest BCUT2D eigenvalue weighted by molar-refractivity contribution is 5.45. The molecule has 0 saturated heterocycles. The first-order valence-corrected chi connectivity index (χ1v) is 5.45. The number of nitrogens with one attached hydrogen (secondary N) is 1. The molecular weight excluding hydrogens is 231 g/mol. The van der Waals surface area contributed by atoms with Crippen LogP contribution >= 0.6 is 0 Å². The molecule has 0 fully saturated rings. The van der Waals surface area contributed by atoms with Crippen LogP contribution in [-0.4, -0.2) is 19.3 Å². The second-order valence-corrected chi connectivity index (χ2v) is 3.78. The minimum Gasteiger partial charge on any atom is -0.380 e. The van der Waals surface area contributed by atoms with E-state index in [0.717, 1.165) is 12.1 Å². The molecule has 0 amide bonds. The van der Waals surface area contributed by atoms with Crippen molar-refractivity contribution in [3.63, 3.8) is 0 Å². The van der Waals surface area contributed by atoms with Crippen molar-refractivity contribution in [2.24, 2.45) is 0 Å². The van der Waals surface area contributed by atoms with Gasteiger partial charge in [0.1, 0.15) is 0 Å². The maximum absolute atomic E-state index is 12.3. The smallest absolute Gasteiger partial charge is 0.380 e. The highest BCUT2D eigenvalue weighted by Crippen LogP contribution is 2.29. The lowest BCUT2D eigenvalue weighted by Crippen LogP contribution is -2.21. The molecule has 2 nitrogen and oxygen atoms in total. The van der Waals surface area contributed by atoms with Crippen LogP contribution in [0.2, 0.25) is 0 Å². The third-order valence-electron chi connectivity index (χ3n) is 2.20. The summed E-state index contributed by atoms with van der Waals surface area (Å²) in [4.78, 5) is 0. The first-order valence-electron chi connectivity index (χ1n) is 5.45. The van der Waals surface area contributed by atoms with Crippen molar-refractivity contribution < 1.29 is 17.9 Å². The van der Waals surface area contributed by atoms with Gasteiger partial charge in [0.15, 0.2) is 0 Å². The van der Waals surface area contributed by atoms with E-state index >= 15 is 0 Å². The zero-order chi connectivity index (χ0) is 12.9. The monoisotopic (exact) mass is 247 g/mol. The van der Waals surface area contributed by atoms with Gasteiger partial charge >= 0.3 is 6.18 Å². The lowest BCUT2D eigenvalue weighted by molar-refractivity contribution is -0.137. The molecule has 1 aromatic carbocycles. The molecule has 96 valence electrons. The van der Waals surface area contributed by atoms with Gasteiger partial charge in [-0.15, -0.1) is 0 Å². The molecule has 1 N–H and O–H groups in total. The highest BCUT2D eigenvalue weighted by atomic mass is 19.4. The molecule has 1 rings (SSSR count). The van der Waals surface area contributed by atoms with Crippen LogP contribution in [0.25, 0.3) is 0 Å². The summed E-state index contributed by atoms with van der Waals surface area (Å²) in [5.41, 5.74) is 0.0192. The number of anilines is 1. The summed E-state index contributed by atoms with van der Waals surface area (Å²) in [5, 5.41) is 3.06. The predicted octanol–water partition coefficient (Wildman–Crippen LogP) is 3.54. The van der Waals surface area contributed by atoms with Gasteiger partial charge in [-0.05, 0) is 38.1 Å². The first-order chi connectivity index (χ1) is 7.93. The number of halogens is 3. The van der Waals surface area contributed by atoms with Crippen LogP contribution in [0.15, 0.2) is 24.3 Å². The molecule has 0 spiro atoms. The quantitative estimate of drug-likeness (QED) is 0.859. The van der Waals surface area contributed by atoms with Gasteiger partial charge < -0.3 is 10.1 Å². The van der Waals surface area contributed by atoms with Crippen LogP contribution in [0.5, 0.6) is 0 Å². The second kappa shape index (κ2) is 5.91. The summed E-state index contributed by atoms with van der Waals surface area (Å²) in [6, 6.07) is 5.04. The first kappa shape index (κ1) is 13.8. The summed E-state index contributed by atoms with van der Waals surface area (Å²) in [6.45, 7) is 4.95. The van der Waals surface area contributed by atoms with Gasteiger partial charge in [0.2, 0.25) is 0 Å². The van der Waals surface area contributed by atoms with Crippen LogP contribution in [-0.2, 0) is 10.9 Å². The van der Waals surface area contributed by atoms with Crippen LogP contribution in [0, 0.1) is 0 Å². The van der Waals surface area contributed by atoms with Crippen LogP contribution in [0.4, 0.5) is 18.9 Å². The Morgan fingerprint density at radius 2 is 1.82 bits per heavy atom. The van der Waals surface area contributed by atoms with E-state index in [0.29, 0.717) is 18.9 Å². The molecular formula is C12H16F3NO. The minimum atomic E-state index is -4.28. The third-order valence-corrected chi connectivity index (χ3v) is 2.20. The average Bonchev–Trinajstić information content (AvgIpc) is 2.26. The molecule has 0 radical (unpaired) electrons. The number of hydrogen-bond donors (Lipinski definition) is 1. The lowest BCUT2D eigenvalue weighted by atomic mass is 10.2. The molecule has 1 unspecified atom stereocenters. The van der Waals surface area contributed by atoms with E-state index in [9.17, 15) is 13.2 Å². The Labute approximate surface area is 98.8 Å². The second-order valence-electron chi connectivity index (χ2n) is 3.78. The topological polar surface area (TPSA) is 21.3 Å². The van der Waals surface area contributed by atoms with Crippen molar-refractivity contribution in [3.05, 3.63) is 29.8 Å². The van der Waals surface area contributed by atoms with E-state index in [4.69, 9.17) is 4.74 Å². The molecule has 0 aliphatic rings. The van der Waals surface area contributed by atoms with Gasteiger partial charge in [-0.25, -0.2) is 0 Å². The molecule has 17 heavy (non-hydrogen) atoms. The third kappa shape index (κ3) is 4.65. The minimum absolute atomic E-state index is 0.0617. The Balaban J connectivity index is 2.56. The molecule has 0 saturated carbocycles. The van der Waals surface area contributed by atoms with E-state index < -0.39 is 11.7 Å². The zero-order valence-electron chi connectivity index (χ0n) is 9.84. The fourth-order valence-corrected chi connectivity index (χ4v) is 1.38. The molecule has 0 heterocycles. The van der Waals surface area contributed by atoms with Gasteiger partial charge in [-0.2, -0.15) is 13.2 Å². The van der Waals surface area contributed by atoms with E-state index in [1.54, 1.807) is 0 Å². The number of alkyl halides is 3. The molecule has 0 bridgehead atoms. The normalized spacial score (nSPS) is 13.5. The Morgan fingerprint density at radius 1 is 1.24 bits per heavy atom. The van der Waals surface area contributed by atoms with Gasteiger partial charge in [-0.3, -0.25) is 0 Å².